The minimum atomic E-state index is -0.541. The van der Waals surface area contributed by atoms with E-state index in [1.165, 1.54) is 18.0 Å². The summed E-state index contributed by atoms with van der Waals surface area (Å²) in [5, 5.41) is 11.0. The SMILES string of the molecule is CC(=O)SC1CC(=O)N(c2ncc(Br)c(C)c2[N+](=O)[O-])C1. The molecule has 0 bridgehead atoms. The van der Waals surface area contributed by atoms with E-state index in [-0.39, 0.29) is 40.7 Å². The maximum absolute atomic E-state index is 12.1. The standard InChI is InChI=1S/C12H12BrN3O4S/c1-6-9(13)4-14-12(11(6)16(19)20)15-5-8(3-10(15)18)21-7(2)17/h4,8H,3,5H2,1-2H3. The fourth-order valence-electron chi connectivity index (χ4n) is 2.17. The zero-order valence-electron chi connectivity index (χ0n) is 11.3. The maximum atomic E-state index is 12.1. The molecule has 112 valence electrons. The number of nitrogens with zero attached hydrogens (tertiary/aromatic N) is 3. The van der Waals surface area contributed by atoms with Crippen LogP contribution >= 0.6 is 27.7 Å². The van der Waals surface area contributed by atoms with Gasteiger partial charge in [0.25, 0.3) is 0 Å². The van der Waals surface area contributed by atoms with Crippen LogP contribution in [-0.4, -0.2) is 32.7 Å². The number of carbonyl (C=O) groups excluding carboxylic acids is 2. The van der Waals surface area contributed by atoms with Crippen LogP contribution in [0, 0.1) is 17.0 Å². The van der Waals surface area contributed by atoms with Crippen molar-refractivity contribution in [2.45, 2.75) is 25.5 Å². The number of thioether (sulfide) groups is 1. The second kappa shape index (κ2) is 6.10. The second-order valence-electron chi connectivity index (χ2n) is 4.60. The van der Waals surface area contributed by atoms with Crippen LogP contribution in [0.3, 0.4) is 0 Å². The first-order valence-electron chi connectivity index (χ1n) is 6.08. The van der Waals surface area contributed by atoms with Crippen LogP contribution < -0.4 is 4.90 Å². The van der Waals surface area contributed by atoms with Gasteiger partial charge in [-0.2, -0.15) is 0 Å². The molecular formula is C12H12BrN3O4S. The van der Waals surface area contributed by atoms with E-state index in [9.17, 15) is 19.7 Å². The van der Waals surface area contributed by atoms with Crippen molar-refractivity contribution in [1.82, 2.24) is 4.98 Å². The molecule has 7 nitrogen and oxygen atoms in total. The highest BCUT2D eigenvalue weighted by molar-refractivity contribution is 9.10. The van der Waals surface area contributed by atoms with Gasteiger partial charge in [0, 0.05) is 41.4 Å². The third-order valence-corrected chi connectivity index (χ3v) is 4.87. The smallest absolute Gasteiger partial charge is 0.290 e. The van der Waals surface area contributed by atoms with Crippen LogP contribution in [0.2, 0.25) is 0 Å². The lowest BCUT2D eigenvalue weighted by atomic mass is 10.2. The summed E-state index contributed by atoms with van der Waals surface area (Å²) in [5.41, 5.74) is 0.228. The van der Waals surface area contributed by atoms with E-state index < -0.39 is 4.92 Å². The average Bonchev–Trinajstić information content (AvgIpc) is 2.71. The van der Waals surface area contributed by atoms with Crippen LogP contribution in [0.5, 0.6) is 0 Å². The Balaban J connectivity index is 2.39. The number of amides is 1. The molecule has 1 atom stereocenters. The van der Waals surface area contributed by atoms with Crippen molar-refractivity contribution in [3.63, 3.8) is 0 Å². The molecule has 1 amide bonds. The quantitative estimate of drug-likeness (QED) is 0.596. The van der Waals surface area contributed by atoms with Crippen LogP contribution in [0.15, 0.2) is 10.7 Å². The van der Waals surface area contributed by atoms with Gasteiger partial charge in [-0.05, 0) is 22.9 Å². The average molecular weight is 374 g/mol. The number of halogens is 1. The predicted octanol–water partition coefficient (Wildman–Crippen LogP) is 2.45. The van der Waals surface area contributed by atoms with Crippen LogP contribution in [0.1, 0.15) is 18.9 Å². The Morgan fingerprint density at radius 1 is 1.62 bits per heavy atom. The molecule has 0 radical (unpaired) electrons. The number of rotatable bonds is 3. The molecule has 21 heavy (non-hydrogen) atoms. The Morgan fingerprint density at radius 3 is 2.86 bits per heavy atom. The van der Waals surface area contributed by atoms with Crippen LogP contribution in [0.25, 0.3) is 0 Å². The molecule has 0 spiro atoms. The molecule has 0 N–H and O–H groups in total. The minimum absolute atomic E-state index is 0.0392. The van der Waals surface area contributed by atoms with Gasteiger partial charge < -0.3 is 0 Å². The first-order chi connectivity index (χ1) is 9.81. The molecule has 1 saturated heterocycles. The summed E-state index contributed by atoms with van der Waals surface area (Å²) in [6, 6.07) is 0. The van der Waals surface area contributed by atoms with E-state index in [2.05, 4.69) is 20.9 Å². The van der Waals surface area contributed by atoms with Gasteiger partial charge in [-0.25, -0.2) is 4.98 Å². The number of hydrogen-bond acceptors (Lipinski definition) is 6. The van der Waals surface area contributed by atoms with Crippen molar-refractivity contribution in [1.29, 1.82) is 0 Å². The van der Waals surface area contributed by atoms with Crippen LogP contribution in [-0.2, 0) is 9.59 Å². The third kappa shape index (κ3) is 3.24. The molecule has 1 unspecified atom stereocenters. The minimum Gasteiger partial charge on any atom is -0.290 e. The number of nitro groups is 1. The largest absolute Gasteiger partial charge is 0.316 e. The fourth-order valence-corrected chi connectivity index (χ4v) is 3.37. The van der Waals surface area contributed by atoms with Gasteiger partial charge in [0.2, 0.25) is 11.7 Å². The highest BCUT2D eigenvalue weighted by atomic mass is 79.9. The normalized spacial score (nSPS) is 18.1. The Morgan fingerprint density at radius 2 is 2.29 bits per heavy atom. The van der Waals surface area contributed by atoms with Gasteiger partial charge in [0.15, 0.2) is 5.12 Å². The second-order valence-corrected chi connectivity index (χ2v) is 6.93. The number of aromatic nitrogens is 1. The van der Waals surface area contributed by atoms with Gasteiger partial charge >= 0.3 is 5.69 Å². The lowest BCUT2D eigenvalue weighted by Gasteiger charge is -2.16. The Kier molecular flexibility index (Phi) is 4.62. The molecule has 1 aromatic heterocycles. The topological polar surface area (TPSA) is 93.4 Å². The zero-order chi connectivity index (χ0) is 15.7. The number of hydrogen-bond donors (Lipinski definition) is 0. The molecule has 2 heterocycles. The van der Waals surface area contributed by atoms with Crippen molar-refractivity contribution >= 4 is 50.2 Å². The summed E-state index contributed by atoms with van der Waals surface area (Å²) in [6.45, 7) is 3.27. The van der Waals surface area contributed by atoms with E-state index in [4.69, 9.17) is 0 Å². The number of anilines is 1. The Labute approximate surface area is 133 Å². The Bertz CT molecular complexity index is 637. The number of carbonyl (C=O) groups is 2. The lowest BCUT2D eigenvalue weighted by Crippen LogP contribution is -2.27. The molecule has 1 aliphatic heterocycles. The van der Waals surface area contributed by atoms with Gasteiger partial charge in [0.1, 0.15) is 0 Å². The van der Waals surface area contributed by atoms with Crippen molar-refractivity contribution < 1.29 is 14.5 Å². The van der Waals surface area contributed by atoms with Crippen LogP contribution in [0.4, 0.5) is 11.5 Å². The van der Waals surface area contributed by atoms with Crippen molar-refractivity contribution in [3.05, 3.63) is 26.3 Å². The molecule has 1 aliphatic rings. The molecular weight excluding hydrogens is 362 g/mol. The van der Waals surface area contributed by atoms with Crippen molar-refractivity contribution in [2.24, 2.45) is 0 Å². The molecule has 0 aliphatic carbocycles. The third-order valence-electron chi connectivity index (χ3n) is 3.09. The van der Waals surface area contributed by atoms with E-state index in [1.807, 2.05) is 0 Å². The molecule has 0 saturated carbocycles. The summed E-state index contributed by atoms with van der Waals surface area (Å²) in [6.07, 6.45) is 1.62. The first kappa shape index (κ1) is 15.9. The summed E-state index contributed by atoms with van der Waals surface area (Å²) in [7, 11) is 0. The molecule has 2 rings (SSSR count). The molecule has 0 aromatic carbocycles. The van der Waals surface area contributed by atoms with Crippen molar-refractivity contribution in [2.75, 3.05) is 11.4 Å². The van der Waals surface area contributed by atoms with E-state index in [0.29, 0.717) is 10.0 Å². The van der Waals surface area contributed by atoms with E-state index in [1.54, 1.807) is 6.92 Å². The highest BCUT2D eigenvalue weighted by Gasteiger charge is 2.37. The zero-order valence-corrected chi connectivity index (χ0v) is 13.7. The maximum Gasteiger partial charge on any atom is 0.316 e. The van der Waals surface area contributed by atoms with Gasteiger partial charge in [-0.15, -0.1) is 0 Å². The monoisotopic (exact) mass is 373 g/mol. The van der Waals surface area contributed by atoms with Gasteiger partial charge in [-0.3, -0.25) is 24.6 Å². The lowest BCUT2D eigenvalue weighted by molar-refractivity contribution is -0.384. The summed E-state index contributed by atoms with van der Waals surface area (Å²) in [5.74, 6) is -0.219. The first-order valence-corrected chi connectivity index (χ1v) is 7.75. The summed E-state index contributed by atoms with van der Waals surface area (Å²) >= 11 is 4.28. The molecule has 1 fully saturated rings. The van der Waals surface area contributed by atoms with E-state index >= 15 is 0 Å². The van der Waals surface area contributed by atoms with Gasteiger partial charge in [-0.1, -0.05) is 11.8 Å². The predicted molar refractivity (Wildman–Crippen MR) is 82.4 cm³/mol. The van der Waals surface area contributed by atoms with E-state index in [0.717, 1.165) is 11.8 Å². The molecule has 9 heteroatoms. The summed E-state index contributed by atoms with van der Waals surface area (Å²) < 4.78 is 0.513. The molecule has 1 aromatic rings. The highest BCUT2D eigenvalue weighted by Crippen LogP contribution is 2.37. The number of pyridine rings is 1. The summed E-state index contributed by atoms with van der Waals surface area (Å²) in [4.78, 5) is 39.2. The van der Waals surface area contributed by atoms with Gasteiger partial charge in [0.05, 0.1) is 4.92 Å². The van der Waals surface area contributed by atoms with Crippen molar-refractivity contribution in [3.8, 4) is 0 Å². The fraction of sp³-hybridized carbons (Fsp3) is 0.417. The Hall–Kier alpha value is -1.48.